The highest BCUT2D eigenvalue weighted by Crippen LogP contribution is 2.30. The zero-order valence-electron chi connectivity index (χ0n) is 13.0. The number of carbonyl (C=O) groups excluding carboxylic acids is 1. The van der Waals surface area contributed by atoms with Gasteiger partial charge in [-0.05, 0) is 24.6 Å². The van der Waals surface area contributed by atoms with Crippen LogP contribution in [0.3, 0.4) is 0 Å². The lowest BCUT2D eigenvalue weighted by atomic mass is 10.3. The minimum Gasteiger partial charge on any atom is -0.495 e. The number of sulfonamides is 1. The molecular weight excluding hydrogens is 344 g/mol. The third-order valence-corrected chi connectivity index (χ3v) is 5.79. The van der Waals surface area contributed by atoms with Crippen LogP contribution in [0, 0.1) is 0 Å². The van der Waals surface area contributed by atoms with E-state index < -0.39 is 16.1 Å². The zero-order chi connectivity index (χ0) is 17.0. The summed E-state index contributed by atoms with van der Waals surface area (Å²) in [5.41, 5.74) is 0. The molecule has 0 unspecified atom stereocenters. The van der Waals surface area contributed by atoms with E-state index in [1.165, 1.54) is 35.6 Å². The molecule has 0 bridgehead atoms. The van der Waals surface area contributed by atoms with E-state index in [1.54, 1.807) is 6.07 Å². The van der Waals surface area contributed by atoms with Crippen LogP contribution in [0.2, 0.25) is 5.02 Å². The van der Waals surface area contributed by atoms with Crippen molar-refractivity contribution in [2.75, 3.05) is 40.4 Å². The van der Waals surface area contributed by atoms with Gasteiger partial charge in [-0.3, -0.25) is 0 Å². The molecule has 7 nitrogen and oxygen atoms in total. The van der Waals surface area contributed by atoms with Crippen molar-refractivity contribution in [3.8, 4) is 5.75 Å². The van der Waals surface area contributed by atoms with Gasteiger partial charge in [0.25, 0.3) is 0 Å². The van der Waals surface area contributed by atoms with Crippen molar-refractivity contribution in [2.24, 2.45) is 0 Å². The summed E-state index contributed by atoms with van der Waals surface area (Å²) in [7, 11) is -1.05. The molecular formula is C14H19ClN2O5S. The van der Waals surface area contributed by atoms with Gasteiger partial charge in [0.1, 0.15) is 10.6 Å². The van der Waals surface area contributed by atoms with Gasteiger partial charge in [-0.1, -0.05) is 11.6 Å². The lowest BCUT2D eigenvalue weighted by molar-refractivity contribution is 0.126. The van der Waals surface area contributed by atoms with E-state index in [0.717, 1.165) is 0 Å². The SMILES string of the molecule is COC(=O)N1CCCN(S(=O)(=O)c2cc(Cl)ccc2OC)CC1. The maximum absolute atomic E-state index is 12.9. The molecule has 0 atom stereocenters. The van der Waals surface area contributed by atoms with Crippen molar-refractivity contribution in [3.63, 3.8) is 0 Å². The molecule has 1 aromatic carbocycles. The number of carbonyl (C=O) groups is 1. The molecule has 0 spiro atoms. The van der Waals surface area contributed by atoms with E-state index in [4.69, 9.17) is 16.3 Å². The van der Waals surface area contributed by atoms with Gasteiger partial charge in [0.05, 0.1) is 14.2 Å². The van der Waals surface area contributed by atoms with E-state index in [9.17, 15) is 13.2 Å². The second kappa shape index (κ2) is 7.37. The summed E-state index contributed by atoms with van der Waals surface area (Å²) >= 11 is 5.93. The van der Waals surface area contributed by atoms with Crippen molar-refractivity contribution >= 4 is 27.7 Å². The fraction of sp³-hybridized carbons (Fsp3) is 0.500. The van der Waals surface area contributed by atoms with Crippen molar-refractivity contribution in [2.45, 2.75) is 11.3 Å². The van der Waals surface area contributed by atoms with Crippen molar-refractivity contribution < 1.29 is 22.7 Å². The van der Waals surface area contributed by atoms with Crippen LogP contribution < -0.4 is 4.74 Å². The molecule has 0 N–H and O–H groups in total. The lowest BCUT2D eigenvalue weighted by Crippen LogP contribution is -2.37. The predicted octanol–water partition coefficient (Wildman–Crippen LogP) is 1.81. The smallest absolute Gasteiger partial charge is 0.409 e. The van der Waals surface area contributed by atoms with Gasteiger partial charge in [0.15, 0.2) is 0 Å². The molecule has 0 saturated carbocycles. The molecule has 0 radical (unpaired) electrons. The molecule has 0 aliphatic carbocycles. The number of amides is 1. The lowest BCUT2D eigenvalue weighted by Gasteiger charge is -2.22. The number of nitrogens with zero attached hydrogens (tertiary/aromatic N) is 2. The normalized spacial score (nSPS) is 16.7. The van der Waals surface area contributed by atoms with Crippen LogP contribution in [-0.4, -0.2) is 64.1 Å². The minimum absolute atomic E-state index is 0.0269. The van der Waals surface area contributed by atoms with Crippen LogP contribution >= 0.6 is 11.6 Å². The molecule has 1 amide bonds. The summed E-state index contributed by atoms with van der Waals surface area (Å²) in [6, 6.07) is 4.47. The number of halogens is 1. The Hall–Kier alpha value is -1.51. The summed E-state index contributed by atoms with van der Waals surface area (Å²) in [5.74, 6) is 0.239. The first-order valence-electron chi connectivity index (χ1n) is 7.06. The second-order valence-electron chi connectivity index (χ2n) is 5.01. The molecule has 0 aromatic heterocycles. The summed E-state index contributed by atoms with van der Waals surface area (Å²) in [6.45, 7) is 1.22. The molecule has 23 heavy (non-hydrogen) atoms. The Kier molecular flexibility index (Phi) is 5.72. The molecule has 128 valence electrons. The van der Waals surface area contributed by atoms with Gasteiger partial charge in [-0.15, -0.1) is 0 Å². The number of benzene rings is 1. The first-order valence-corrected chi connectivity index (χ1v) is 8.88. The maximum atomic E-state index is 12.9. The van der Waals surface area contributed by atoms with Crippen molar-refractivity contribution in [1.29, 1.82) is 0 Å². The quantitative estimate of drug-likeness (QED) is 0.819. The molecule has 1 aromatic rings. The van der Waals surface area contributed by atoms with Gasteiger partial charge in [-0.2, -0.15) is 4.31 Å². The fourth-order valence-corrected chi connectivity index (χ4v) is 4.32. The van der Waals surface area contributed by atoms with Gasteiger partial charge < -0.3 is 14.4 Å². The molecule has 1 heterocycles. The Morgan fingerprint density at radius 1 is 1.17 bits per heavy atom. The van der Waals surface area contributed by atoms with Gasteiger partial charge in [0.2, 0.25) is 10.0 Å². The van der Waals surface area contributed by atoms with Gasteiger partial charge in [0, 0.05) is 31.2 Å². The molecule has 2 rings (SSSR count). The van der Waals surface area contributed by atoms with E-state index in [-0.39, 0.29) is 23.7 Å². The summed E-state index contributed by atoms with van der Waals surface area (Å²) in [5, 5.41) is 0.315. The summed E-state index contributed by atoms with van der Waals surface area (Å²) < 4.78 is 36.9. The monoisotopic (exact) mass is 362 g/mol. The molecule has 1 aliphatic rings. The molecule has 9 heteroatoms. The van der Waals surface area contributed by atoms with Crippen molar-refractivity contribution in [3.05, 3.63) is 23.2 Å². The van der Waals surface area contributed by atoms with Gasteiger partial charge in [-0.25, -0.2) is 13.2 Å². The average molecular weight is 363 g/mol. The minimum atomic E-state index is -3.76. The molecule has 1 saturated heterocycles. The number of methoxy groups -OCH3 is 2. The van der Waals surface area contributed by atoms with Crippen LogP contribution in [0.15, 0.2) is 23.1 Å². The highest BCUT2D eigenvalue weighted by molar-refractivity contribution is 7.89. The largest absolute Gasteiger partial charge is 0.495 e. The fourth-order valence-electron chi connectivity index (χ4n) is 2.44. The summed E-state index contributed by atoms with van der Waals surface area (Å²) in [4.78, 5) is 13.1. The topological polar surface area (TPSA) is 76.2 Å². The van der Waals surface area contributed by atoms with Crippen LogP contribution in [0.4, 0.5) is 4.79 Å². The predicted molar refractivity (Wildman–Crippen MR) is 85.4 cm³/mol. The number of rotatable bonds is 3. The number of ether oxygens (including phenoxy) is 2. The van der Waals surface area contributed by atoms with E-state index in [1.807, 2.05) is 0 Å². The van der Waals surface area contributed by atoms with Crippen molar-refractivity contribution in [1.82, 2.24) is 9.21 Å². The third-order valence-electron chi connectivity index (χ3n) is 3.63. The third kappa shape index (κ3) is 3.88. The number of hydrogen-bond donors (Lipinski definition) is 0. The van der Waals surface area contributed by atoms with E-state index in [2.05, 4.69) is 4.74 Å². The average Bonchev–Trinajstić information content (AvgIpc) is 2.80. The Balaban J connectivity index is 2.27. The van der Waals surface area contributed by atoms with Crippen LogP contribution in [0.5, 0.6) is 5.75 Å². The molecule has 1 fully saturated rings. The van der Waals surface area contributed by atoms with Gasteiger partial charge >= 0.3 is 6.09 Å². The second-order valence-corrected chi connectivity index (χ2v) is 7.35. The molecule has 1 aliphatic heterocycles. The standard InChI is InChI=1S/C14H19ClN2O5S/c1-21-12-5-4-11(15)10-13(12)23(19,20)17-7-3-6-16(8-9-17)14(18)22-2/h4-5,10H,3,6-9H2,1-2H3. The Morgan fingerprint density at radius 2 is 1.91 bits per heavy atom. The van der Waals surface area contributed by atoms with Crippen LogP contribution in [-0.2, 0) is 14.8 Å². The first kappa shape index (κ1) is 17.8. The summed E-state index contributed by atoms with van der Waals surface area (Å²) in [6.07, 6.45) is 0.0709. The Bertz CT molecular complexity index is 680. The van der Waals surface area contributed by atoms with E-state index >= 15 is 0 Å². The Labute approximate surface area is 140 Å². The Morgan fingerprint density at radius 3 is 2.57 bits per heavy atom. The van der Waals surface area contributed by atoms with E-state index in [0.29, 0.717) is 24.5 Å². The van der Waals surface area contributed by atoms with Crippen LogP contribution in [0.25, 0.3) is 0 Å². The highest BCUT2D eigenvalue weighted by atomic mass is 35.5. The van der Waals surface area contributed by atoms with Crippen LogP contribution in [0.1, 0.15) is 6.42 Å². The number of hydrogen-bond acceptors (Lipinski definition) is 5. The maximum Gasteiger partial charge on any atom is 0.409 e. The highest BCUT2D eigenvalue weighted by Gasteiger charge is 2.30. The first-order chi connectivity index (χ1) is 10.9. The zero-order valence-corrected chi connectivity index (χ0v) is 14.6.